The van der Waals surface area contributed by atoms with E-state index in [9.17, 15) is 9.59 Å². The van der Waals surface area contributed by atoms with Crippen molar-refractivity contribution in [3.63, 3.8) is 0 Å². The number of nitrogens with one attached hydrogen (secondary N) is 1. The van der Waals surface area contributed by atoms with Crippen LogP contribution in [-0.4, -0.2) is 74.5 Å². The highest BCUT2D eigenvalue weighted by molar-refractivity contribution is 5.82. The van der Waals surface area contributed by atoms with Crippen molar-refractivity contribution >= 4 is 11.8 Å². The van der Waals surface area contributed by atoms with Crippen molar-refractivity contribution in [2.45, 2.75) is 26.9 Å². The molecule has 1 spiro atoms. The first kappa shape index (κ1) is 20.5. The van der Waals surface area contributed by atoms with Gasteiger partial charge in [-0.1, -0.05) is 44.2 Å². The second kappa shape index (κ2) is 8.51. The van der Waals surface area contributed by atoms with Gasteiger partial charge in [0.1, 0.15) is 12.9 Å². The van der Waals surface area contributed by atoms with Crippen molar-refractivity contribution in [2.75, 3.05) is 32.7 Å². The van der Waals surface area contributed by atoms with Gasteiger partial charge in [-0.2, -0.15) is 0 Å². The number of likely N-dealkylation sites (tertiary alicyclic amines) is 2. The molecule has 0 bridgehead atoms. The van der Waals surface area contributed by atoms with Crippen LogP contribution < -0.4 is 5.32 Å². The average molecular weight is 412 g/mol. The number of hydrogen-bond acceptors (Lipinski definition) is 6. The van der Waals surface area contributed by atoms with Crippen LogP contribution in [0.4, 0.5) is 0 Å². The van der Waals surface area contributed by atoms with Crippen LogP contribution in [0.15, 0.2) is 36.7 Å². The number of benzene rings is 1. The van der Waals surface area contributed by atoms with E-state index in [0.717, 1.165) is 13.1 Å². The summed E-state index contributed by atoms with van der Waals surface area (Å²) in [5, 5.41) is 14.0. The lowest BCUT2D eigenvalue weighted by atomic mass is 9.71. The number of carbonyl (C=O) groups is 2. The molecule has 0 saturated carbocycles. The number of aromatic nitrogens is 4. The van der Waals surface area contributed by atoms with Gasteiger partial charge in [0.05, 0.1) is 5.92 Å². The molecule has 0 radical (unpaired) electrons. The molecular weight excluding hydrogens is 382 g/mol. The third-order valence-corrected chi connectivity index (χ3v) is 6.02. The molecule has 2 saturated heterocycles. The van der Waals surface area contributed by atoms with Gasteiger partial charge >= 0.3 is 0 Å². The van der Waals surface area contributed by atoms with Crippen LogP contribution in [-0.2, 0) is 22.7 Å². The third kappa shape index (κ3) is 4.35. The fourth-order valence-electron chi connectivity index (χ4n) is 4.52. The highest BCUT2D eigenvalue weighted by Gasteiger charge is 2.57. The van der Waals surface area contributed by atoms with Crippen LogP contribution in [0, 0.1) is 17.3 Å². The maximum atomic E-state index is 13.0. The van der Waals surface area contributed by atoms with E-state index in [1.807, 2.05) is 23.1 Å². The molecule has 1 N–H and O–H groups in total. The van der Waals surface area contributed by atoms with Gasteiger partial charge in [-0.3, -0.25) is 14.5 Å². The molecule has 1 aromatic carbocycles. The van der Waals surface area contributed by atoms with E-state index >= 15 is 0 Å². The molecule has 2 aliphatic heterocycles. The number of tetrazole rings is 1. The number of carbonyl (C=O) groups excluding carboxylic acids is 2. The first-order chi connectivity index (χ1) is 14.4. The second-order valence-corrected chi connectivity index (χ2v) is 8.97. The Kier molecular flexibility index (Phi) is 5.80. The summed E-state index contributed by atoms with van der Waals surface area (Å²) in [7, 11) is 0. The lowest BCUT2D eigenvalue weighted by Gasteiger charge is -2.50. The van der Waals surface area contributed by atoms with Gasteiger partial charge in [-0.05, 0) is 21.9 Å². The minimum Gasteiger partial charge on any atom is -0.356 e. The zero-order valence-corrected chi connectivity index (χ0v) is 17.6. The van der Waals surface area contributed by atoms with E-state index < -0.39 is 0 Å². The van der Waals surface area contributed by atoms with Crippen molar-refractivity contribution in [2.24, 2.45) is 17.3 Å². The Labute approximate surface area is 176 Å². The van der Waals surface area contributed by atoms with Gasteiger partial charge in [0, 0.05) is 44.7 Å². The molecule has 1 unspecified atom stereocenters. The van der Waals surface area contributed by atoms with Gasteiger partial charge in [0.2, 0.25) is 11.8 Å². The summed E-state index contributed by atoms with van der Waals surface area (Å²) < 4.78 is 1.43. The largest absolute Gasteiger partial charge is 0.356 e. The van der Waals surface area contributed by atoms with Crippen molar-refractivity contribution in [1.29, 1.82) is 0 Å². The number of rotatable bonds is 7. The van der Waals surface area contributed by atoms with E-state index in [4.69, 9.17) is 0 Å². The highest BCUT2D eigenvalue weighted by Crippen LogP contribution is 2.44. The predicted molar refractivity (Wildman–Crippen MR) is 110 cm³/mol. The summed E-state index contributed by atoms with van der Waals surface area (Å²) in [4.78, 5) is 29.8. The first-order valence-corrected chi connectivity index (χ1v) is 10.5. The van der Waals surface area contributed by atoms with Gasteiger partial charge in [0.25, 0.3) is 0 Å². The van der Waals surface area contributed by atoms with Crippen LogP contribution in [0.5, 0.6) is 0 Å². The highest BCUT2D eigenvalue weighted by atomic mass is 16.2. The standard InChI is InChI=1S/C21H29N7O2/c1-16(2)8-22-20(30)18-10-26(9-17-6-4-3-5-7-17)12-21(18)13-27(14-21)19(29)11-28-15-23-24-25-28/h3-7,15-16,18H,8-14H2,1-2H3,(H,22,30). The van der Waals surface area contributed by atoms with Crippen LogP contribution >= 0.6 is 0 Å². The summed E-state index contributed by atoms with van der Waals surface area (Å²) in [5.74, 6) is 0.377. The Hall–Kier alpha value is -2.81. The number of hydrogen-bond donors (Lipinski definition) is 1. The van der Waals surface area contributed by atoms with Crippen molar-refractivity contribution in [3.8, 4) is 0 Å². The van der Waals surface area contributed by atoms with Crippen LogP contribution in [0.2, 0.25) is 0 Å². The third-order valence-electron chi connectivity index (χ3n) is 6.02. The molecule has 0 aliphatic carbocycles. The molecule has 1 atom stereocenters. The van der Waals surface area contributed by atoms with E-state index in [1.54, 1.807) is 0 Å². The summed E-state index contributed by atoms with van der Waals surface area (Å²) in [6.45, 7) is 8.52. The van der Waals surface area contributed by atoms with Crippen molar-refractivity contribution in [3.05, 3.63) is 42.2 Å². The van der Waals surface area contributed by atoms with E-state index in [-0.39, 0.29) is 29.7 Å². The van der Waals surface area contributed by atoms with Crippen molar-refractivity contribution in [1.82, 2.24) is 35.3 Å². The Morgan fingerprint density at radius 3 is 2.63 bits per heavy atom. The van der Waals surface area contributed by atoms with Crippen LogP contribution in [0.3, 0.4) is 0 Å². The molecule has 1 aromatic heterocycles. The quantitative estimate of drug-likeness (QED) is 0.709. The van der Waals surface area contributed by atoms with E-state index in [1.165, 1.54) is 16.6 Å². The minimum atomic E-state index is -0.188. The molecule has 3 heterocycles. The maximum Gasteiger partial charge on any atom is 0.244 e. The summed E-state index contributed by atoms with van der Waals surface area (Å²) in [5.41, 5.74) is 1.05. The van der Waals surface area contributed by atoms with Gasteiger partial charge in [0.15, 0.2) is 0 Å². The summed E-state index contributed by atoms with van der Waals surface area (Å²) in [6, 6.07) is 10.3. The molecule has 160 valence electrons. The fraction of sp³-hybridized carbons (Fsp3) is 0.571. The Balaban J connectivity index is 1.43. The predicted octanol–water partition coefficient (Wildman–Crippen LogP) is 0.406. The lowest BCUT2D eigenvalue weighted by molar-refractivity contribution is -0.150. The monoisotopic (exact) mass is 411 g/mol. The molecule has 2 amide bonds. The van der Waals surface area contributed by atoms with E-state index in [2.05, 4.69) is 51.7 Å². The zero-order valence-electron chi connectivity index (χ0n) is 17.6. The van der Waals surface area contributed by atoms with Crippen molar-refractivity contribution < 1.29 is 9.59 Å². The molecule has 9 nitrogen and oxygen atoms in total. The Morgan fingerprint density at radius 2 is 1.97 bits per heavy atom. The zero-order chi connectivity index (χ0) is 21.1. The van der Waals surface area contributed by atoms with Crippen LogP contribution in [0.25, 0.3) is 0 Å². The summed E-state index contributed by atoms with van der Waals surface area (Å²) >= 11 is 0. The van der Waals surface area contributed by atoms with Gasteiger partial charge in [-0.25, -0.2) is 4.68 Å². The normalized spacial score (nSPS) is 20.5. The summed E-state index contributed by atoms with van der Waals surface area (Å²) in [6.07, 6.45) is 1.44. The topological polar surface area (TPSA) is 96.2 Å². The fourth-order valence-corrected chi connectivity index (χ4v) is 4.52. The van der Waals surface area contributed by atoms with Crippen LogP contribution in [0.1, 0.15) is 19.4 Å². The molecular formula is C21H29N7O2. The molecule has 30 heavy (non-hydrogen) atoms. The molecule has 2 aromatic rings. The van der Waals surface area contributed by atoms with Gasteiger partial charge in [-0.15, -0.1) is 5.10 Å². The molecule has 2 fully saturated rings. The SMILES string of the molecule is CC(C)CNC(=O)C1CN(Cc2ccccc2)CC12CN(C(=O)Cn1cnnn1)C2. The number of amides is 2. The molecule has 9 heteroatoms. The Morgan fingerprint density at radius 1 is 1.20 bits per heavy atom. The number of nitrogens with zero attached hydrogens (tertiary/aromatic N) is 6. The molecule has 4 rings (SSSR count). The minimum absolute atomic E-state index is 0.0178. The second-order valence-electron chi connectivity index (χ2n) is 8.97. The lowest BCUT2D eigenvalue weighted by Crippen LogP contribution is -2.64. The smallest absolute Gasteiger partial charge is 0.244 e. The maximum absolute atomic E-state index is 13.0. The Bertz CT molecular complexity index is 863. The first-order valence-electron chi connectivity index (χ1n) is 10.5. The molecule has 2 aliphatic rings. The van der Waals surface area contributed by atoms with Gasteiger partial charge < -0.3 is 10.2 Å². The van der Waals surface area contributed by atoms with E-state index in [0.29, 0.717) is 32.1 Å². The average Bonchev–Trinajstić information content (AvgIpc) is 3.33.